The number of rotatable bonds is 4. The van der Waals surface area contributed by atoms with Crippen LogP contribution in [0.15, 0.2) is 30.5 Å². The fourth-order valence-electron chi connectivity index (χ4n) is 3.06. The summed E-state index contributed by atoms with van der Waals surface area (Å²) in [5, 5.41) is 14.4. The van der Waals surface area contributed by atoms with Crippen molar-refractivity contribution in [3.8, 4) is 0 Å². The Labute approximate surface area is 128 Å². The number of fused-ring (bicyclic) bond motifs is 1. The van der Waals surface area contributed by atoms with Crippen molar-refractivity contribution in [2.24, 2.45) is 5.41 Å². The predicted octanol–water partition coefficient (Wildman–Crippen LogP) is 3.95. The van der Waals surface area contributed by atoms with Gasteiger partial charge in [-0.2, -0.15) is 0 Å². The fourth-order valence-corrected chi connectivity index (χ4v) is 3.22. The summed E-state index contributed by atoms with van der Waals surface area (Å²) in [5.74, 6) is -0.700. The maximum atomic E-state index is 11.6. The van der Waals surface area contributed by atoms with Crippen LogP contribution in [0.4, 0.5) is 5.69 Å². The second-order valence-corrected chi connectivity index (χ2v) is 6.10. The van der Waals surface area contributed by atoms with Crippen molar-refractivity contribution in [3.05, 3.63) is 35.5 Å². The van der Waals surface area contributed by atoms with Crippen LogP contribution in [-0.4, -0.2) is 22.6 Å². The lowest BCUT2D eigenvalue weighted by Crippen LogP contribution is -2.35. The third-order valence-electron chi connectivity index (χ3n) is 4.34. The van der Waals surface area contributed by atoms with Gasteiger partial charge in [0, 0.05) is 28.8 Å². The maximum absolute atomic E-state index is 11.6. The van der Waals surface area contributed by atoms with Gasteiger partial charge in [0.15, 0.2) is 0 Å². The van der Waals surface area contributed by atoms with Gasteiger partial charge in [-0.15, -0.1) is 0 Å². The van der Waals surface area contributed by atoms with Crippen LogP contribution in [-0.2, 0) is 4.79 Å². The zero-order chi connectivity index (χ0) is 14.9. The van der Waals surface area contributed by atoms with E-state index in [-0.39, 0.29) is 0 Å². The van der Waals surface area contributed by atoms with E-state index in [1.54, 1.807) is 6.20 Å². The first-order valence-electron chi connectivity index (χ1n) is 7.12. The molecule has 2 aromatic rings. The zero-order valence-corrected chi connectivity index (χ0v) is 12.4. The minimum atomic E-state index is -0.700. The lowest BCUT2D eigenvalue weighted by Gasteiger charge is -2.25. The highest BCUT2D eigenvalue weighted by atomic mass is 35.5. The lowest BCUT2D eigenvalue weighted by molar-refractivity contribution is -0.147. The van der Waals surface area contributed by atoms with E-state index in [1.807, 2.05) is 24.3 Å². The predicted molar refractivity (Wildman–Crippen MR) is 83.8 cm³/mol. The minimum absolute atomic E-state index is 0.448. The topological polar surface area (TPSA) is 62.2 Å². The summed E-state index contributed by atoms with van der Waals surface area (Å²) in [7, 11) is 0. The number of aromatic nitrogens is 1. The number of hydrogen-bond acceptors (Lipinski definition) is 3. The Morgan fingerprint density at radius 3 is 2.81 bits per heavy atom. The molecule has 2 N–H and O–H groups in total. The molecule has 3 rings (SSSR count). The maximum Gasteiger partial charge on any atom is 0.311 e. The SMILES string of the molecule is O=C(O)C1(CNc2ccnc3cc(Cl)ccc23)CCCC1. The molecule has 1 heterocycles. The molecular weight excluding hydrogens is 288 g/mol. The first kappa shape index (κ1) is 14.1. The number of carboxylic acid groups (broad SMARTS) is 1. The number of carbonyl (C=O) groups is 1. The van der Waals surface area contributed by atoms with Gasteiger partial charge < -0.3 is 10.4 Å². The average Bonchev–Trinajstić information content (AvgIpc) is 2.95. The van der Waals surface area contributed by atoms with Crippen LogP contribution in [0.3, 0.4) is 0 Å². The quantitative estimate of drug-likeness (QED) is 0.898. The standard InChI is InChI=1S/C16H17ClN2O2/c17-11-3-4-12-13(5-8-18-14(12)9-11)19-10-16(15(20)21)6-1-2-7-16/h3-5,8-9H,1-2,6-7,10H2,(H,18,19)(H,20,21). The Morgan fingerprint density at radius 2 is 2.10 bits per heavy atom. The van der Waals surface area contributed by atoms with Crippen molar-refractivity contribution in [1.82, 2.24) is 4.98 Å². The van der Waals surface area contributed by atoms with E-state index >= 15 is 0 Å². The molecule has 0 amide bonds. The molecule has 110 valence electrons. The Hall–Kier alpha value is -1.81. The van der Waals surface area contributed by atoms with Crippen molar-refractivity contribution >= 4 is 34.2 Å². The molecule has 21 heavy (non-hydrogen) atoms. The fraction of sp³-hybridized carbons (Fsp3) is 0.375. The van der Waals surface area contributed by atoms with Gasteiger partial charge in [-0.05, 0) is 37.1 Å². The third-order valence-corrected chi connectivity index (χ3v) is 4.57. The second kappa shape index (κ2) is 5.53. The number of halogens is 1. The molecule has 0 bridgehead atoms. The number of anilines is 1. The minimum Gasteiger partial charge on any atom is -0.481 e. The van der Waals surface area contributed by atoms with Crippen LogP contribution in [0.1, 0.15) is 25.7 Å². The van der Waals surface area contributed by atoms with Gasteiger partial charge >= 0.3 is 5.97 Å². The number of hydrogen-bond donors (Lipinski definition) is 2. The molecule has 5 heteroatoms. The zero-order valence-electron chi connectivity index (χ0n) is 11.6. The van der Waals surface area contributed by atoms with E-state index in [2.05, 4.69) is 10.3 Å². The van der Waals surface area contributed by atoms with Gasteiger partial charge in [0.2, 0.25) is 0 Å². The highest BCUT2D eigenvalue weighted by Gasteiger charge is 2.41. The van der Waals surface area contributed by atoms with Crippen molar-refractivity contribution in [2.75, 3.05) is 11.9 Å². The summed E-state index contributed by atoms with van der Waals surface area (Å²) in [6.45, 7) is 0.448. The Kier molecular flexibility index (Phi) is 3.72. The molecule has 1 fully saturated rings. The number of aliphatic carboxylic acids is 1. The van der Waals surface area contributed by atoms with E-state index in [0.29, 0.717) is 11.6 Å². The molecular formula is C16H17ClN2O2. The van der Waals surface area contributed by atoms with Crippen LogP contribution in [0.2, 0.25) is 5.02 Å². The molecule has 1 aliphatic carbocycles. The number of nitrogens with one attached hydrogen (secondary N) is 1. The van der Waals surface area contributed by atoms with Crippen molar-refractivity contribution < 1.29 is 9.90 Å². The molecule has 0 unspecified atom stereocenters. The molecule has 1 aromatic carbocycles. The molecule has 1 saturated carbocycles. The summed E-state index contributed by atoms with van der Waals surface area (Å²) in [6.07, 6.45) is 5.17. The van der Waals surface area contributed by atoms with Gasteiger partial charge in [-0.25, -0.2) is 0 Å². The summed E-state index contributed by atoms with van der Waals surface area (Å²) < 4.78 is 0. The van der Waals surface area contributed by atoms with Crippen LogP contribution in [0.5, 0.6) is 0 Å². The lowest BCUT2D eigenvalue weighted by atomic mass is 9.86. The monoisotopic (exact) mass is 304 g/mol. The van der Waals surface area contributed by atoms with Gasteiger partial charge in [0.1, 0.15) is 0 Å². The van der Waals surface area contributed by atoms with E-state index in [0.717, 1.165) is 42.3 Å². The van der Waals surface area contributed by atoms with Crippen molar-refractivity contribution in [1.29, 1.82) is 0 Å². The van der Waals surface area contributed by atoms with Crippen LogP contribution in [0.25, 0.3) is 10.9 Å². The molecule has 0 aliphatic heterocycles. The Bertz CT molecular complexity index is 681. The summed E-state index contributed by atoms with van der Waals surface area (Å²) in [4.78, 5) is 15.9. The van der Waals surface area contributed by atoms with E-state index in [4.69, 9.17) is 11.6 Å². The molecule has 1 aliphatic rings. The largest absolute Gasteiger partial charge is 0.481 e. The van der Waals surface area contributed by atoms with E-state index in [1.165, 1.54) is 0 Å². The molecule has 0 saturated heterocycles. The normalized spacial score (nSPS) is 17.0. The third kappa shape index (κ3) is 2.68. The average molecular weight is 305 g/mol. The number of benzene rings is 1. The van der Waals surface area contributed by atoms with Crippen LogP contribution >= 0.6 is 11.6 Å². The molecule has 0 atom stereocenters. The van der Waals surface area contributed by atoms with Gasteiger partial charge in [-0.1, -0.05) is 24.4 Å². The van der Waals surface area contributed by atoms with Crippen LogP contribution < -0.4 is 5.32 Å². The highest BCUT2D eigenvalue weighted by Crippen LogP contribution is 2.39. The Balaban J connectivity index is 1.87. The van der Waals surface area contributed by atoms with Gasteiger partial charge in [0.05, 0.1) is 10.9 Å². The van der Waals surface area contributed by atoms with E-state index < -0.39 is 11.4 Å². The second-order valence-electron chi connectivity index (χ2n) is 5.67. The summed E-state index contributed by atoms with van der Waals surface area (Å²) >= 11 is 5.98. The summed E-state index contributed by atoms with van der Waals surface area (Å²) in [6, 6.07) is 7.42. The van der Waals surface area contributed by atoms with E-state index in [9.17, 15) is 9.90 Å². The Morgan fingerprint density at radius 1 is 1.33 bits per heavy atom. The first-order valence-corrected chi connectivity index (χ1v) is 7.50. The van der Waals surface area contributed by atoms with Gasteiger partial charge in [-0.3, -0.25) is 9.78 Å². The number of pyridine rings is 1. The number of carboxylic acids is 1. The first-order chi connectivity index (χ1) is 10.1. The number of nitrogens with zero attached hydrogens (tertiary/aromatic N) is 1. The summed E-state index contributed by atoms with van der Waals surface area (Å²) in [5.41, 5.74) is 1.08. The smallest absolute Gasteiger partial charge is 0.311 e. The molecule has 4 nitrogen and oxygen atoms in total. The van der Waals surface area contributed by atoms with Crippen molar-refractivity contribution in [2.45, 2.75) is 25.7 Å². The molecule has 1 aromatic heterocycles. The molecule has 0 spiro atoms. The van der Waals surface area contributed by atoms with Crippen molar-refractivity contribution in [3.63, 3.8) is 0 Å². The highest BCUT2D eigenvalue weighted by molar-refractivity contribution is 6.31. The molecule has 0 radical (unpaired) electrons. The van der Waals surface area contributed by atoms with Gasteiger partial charge in [0.25, 0.3) is 0 Å². The van der Waals surface area contributed by atoms with Crippen LogP contribution in [0, 0.1) is 5.41 Å².